The zero-order chi connectivity index (χ0) is 13.3. The number of hydrogen-bond donors (Lipinski definition) is 0. The largest absolute Gasteiger partial charge is 0.245 e. The molecule has 0 unspecified atom stereocenters. The Bertz CT molecular complexity index is 529. The molecule has 0 N–H and O–H groups in total. The summed E-state index contributed by atoms with van der Waals surface area (Å²) in [4.78, 5) is 0. The third-order valence-electron chi connectivity index (χ3n) is 2.89. The Labute approximate surface area is 113 Å². The molecule has 0 fully saturated rings. The summed E-state index contributed by atoms with van der Waals surface area (Å²) in [5.74, 6) is 0.111. The molecule has 0 atom stereocenters. The molecule has 0 amide bonds. The van der Waals surface area contributed by atoms with E-state index in [1.165, 1.54) is 15.8 Å². The average Bonchev–Trinajstić information content (AvgIpc) is 2.37. The van der Waals surface area contributed by atoms with Gasteiger partial charge in [0.1, 0.15) is 0 Å². The highest BCUT2D eigenvalue weighted by Gasteiger charge is 2.32. The normalized spacial score (nSPS) is 17.0. The first-order valence-corrected chi connectivity index (χ1v) is 8.35. The average molecular weight is 286 g/mol. The molecule has 0 saturated heterocycles. The van der Waals surface area contributed by atoms with Crippen molar-refractivity contribution in [3.8, 4) is 0 Å². The fraction of sp³-hybridized carbons (Fsp3) is 0.500. The van der Waals surface area contributed by atoms with Crippen LogP contribution >= 0.6 is 12.1 Å². The Balaban J connectivity index is 2.46. The number of rotatable bonds is 3. The Morgan fingerprint density at radius 2 is 2.00 bits per heavy atom. The van der Waals surface area contributed by atoms with Crippen LogP contribution in [-0.4, -0.2) is 24.5 Å². The summed E-state index contributed by atoms with van der Waals surface area (Å²) in [5.41, 5.74) is 1.85. The summed E-state index contributed by atoms with van der Waals surface area (Å²) in [5, 5.41) is 0. The number of anilines is 1. The number of fused-ring (bicyclic) bond motifs is 1. The molecule has 1 aromatic rings. The molecular weight excluding hydrogens is 268 g/mol. The molecule has 18 heavy (non-hydrogen) atoms. The Kier molecular flexibility index (Phi) is 3.89. The standard InChI is InChI=1S/C12H18N2O2S2/c1-4-18(15,16)14-12-8-6-5-7-11(12)9-13(17-14)10(2)3/h5-8,10H,4,9H2,1-3H3. The van der Waals surface area contributed by atoms with E-state index in [0.717, 1.165) is 17.8 Å². The Morgan fingerprint density at radius 3 is 2.61 bits per heavy atom. The second kappa shape index (κ2) is 5.11. The lowest BCUT2D eigenvalue weighted by molar-refractivity contribution is 0.387. The van der Waals surface area contributed by atoms with E-state index in [0.29, 0.717) is 0 Å². The van der Waals surface area contributed by atoms with Crippen molar-refractivity contribution in [3.63, 3.8) is 0 Å². The monoisotopic (exact) mass is 286 g/mol. The van der Waals surface area contributed by atoms with Gasteiger partial charge in [-0.1, -0.05) is 18.2 Å². The van der Waals surface area contributed by atoms with Gasteiger partial charge in [0.25, 0.3) is 0 Å². The molecule has 1 aliphatic rings. The zero-order valence-electron chi connectivity index (χ0n) is 10.8. The fourth-order valence-corrected chi connectivity index (χ4v) is 4.29. The van der Waals surface area contributed by atoms with Gasteiger partial charge in [-0.2, -0.15) is 3.71 Å². The van der Waals surface area contributed by atoms with Crippen molar-refractivity contribution in [1.82, 2.24) is 4.31 Å². The van der Waals surface area contributed by atoms with Gasteiger partial charge in [-0.15, -0.1) is 0 Å². The van der Waals surface area contributed by atoms with Crippen molar-refractivity contribution in [2.24, 2.45) is 0 Å². The first kappa shape index (κ1) is 13.7. The van der Waals surface area contributed by atoms with Crippen LogP contribution in [0.15, 0.2) is 24.3 Å². The maximum Gasteiger partial charge on any atom is 0.245 e. The summed E-state index contributed by atoms with van der Waals surface area (Å²) >= 11 is 1.29. The molecule has 100 valence electrons. The van der Waals surface area contributed by atoms with E-state index in [9.17, 15) is 8.42 Å². The minimum Gasteiger partial charge on any atom is -0.225 e. The van der Waals surface area contributed by atoms with Crippen LogP contribution in [0.4, 0.5) is 5.69 Å². The fourth-order valence-electron chi connectivity index (χ4n) is 1.75. The number of nitrogens with zero attached hydrogens (tertiary/aromatic N) is 2. The van der Waals surface area contributed by atoms with Crippen molar-refractivity contribution in [2.75, 3.05) is 9.46 Å². The minimum absolute atomic E-state index is 0.111. The van der Waals surface area contributed by atoms with Gasteiger partial charge in [-0.3, -0.25) is 0 Å². The SMILES string of the molecule is CCS(=O)(=O)N1SN(C(C)C)Cc2ccccc21. The molecule has 0 saturated carbocycles. The molecule has 2 rings (SSSR count). The molecule has 0 radical (unpaired) electrons. The molecule has 0 bridgehead atoms. The summed E-state index contributed by atoms with van der Waals surface area (Å²) in [6.45, 7) is 6.58. The lowest BCUT2D eigenvalue weighted by atomic mass is 10.2. The van der Waals surface area contributed by atoms with Gasteiger partial charge in [0.05, 0.1) is 23.6 Å². The topological polar surface area (TPSA) is 40.6 Å². The number of para-hydroxylation sites is 1. The van der Waals surface area contributed by atoms with E-state index in [1.54, 1.807) is 6.92 Å². The predicted octanol–water partition coefficient (Wildman–Crippen LogP) is 2.63. The highest BCUT2D eigenvalue weighted by Crippen LogP contribution is 2.39. The molecule has 0 spiro atoms. The van der Waals surface area contributed by atoms with Crippen molar-refractivity contribution < 1.29 is 8.42 Å². The van der Waals surface area contributed by atoms with Gasteiger partial charge in [-0.25, -0.2) is 12.7 Å². The number of benzene rings is 1. The molecule has 1 aliphatic heterocycles. The minimum atomic E-state index is -3.25. The van der Waals surface area contributed by atoms with Crippen LogP contribution in [0.2, 0.25) is 0 Å². The molecule has 4 nitrogen and oxygen atoms in total. The van der Waals surface area contributed by atoms with Crippen LogP contribution in [0.25, 0.3) is 0 Å². The molecular formula is C12H18N2O2S2. The lowest BCUT2D eigenvalue weighted by Gasteiger charge is -2.37. The van der Waals surface area contributed by atoms with Gasteiger partial charge < -0.3 is 0 Å². The molecule has 0 aromatic heterocycles. The second-order valence-corrected chi connectivity index (χ2v) is 7.84. The molecule has 1 heterocycles. The molecule has 6 heteroatoms. The number of sulfonamides is 1. The maximum atomic E-state index is 12.2. The van der Waals surface area contributed by atoms with Crippen LogP contribution in [0.1, 0.15) is 26.3 Å². The first-order valence-electron chi connectivity index (χ1n) is 6.01. The smallest absolute Gasteiger partial charge is 0.225 e. The van der Waals surface area contributed by atoms with E-state index >= 15 is 0 Å². The van der Waals surface area contributed by atoms with E-state index in [4.69, 9.17) is 0 Å². The Morgan fingerprint density at radius 1 is 1.33 bits per heavy atom. The highest BCUT2D eigenvalue weighted by molar-refractivity contribution is 8.13. The van der Waals surface area contributed by atoms with E-state index in [2.05, 4.69) is 18.2 Å². The highest BCUT2D eigenvalue weighted by atomic mass is 32.3. The Hall–Kier alpha value is -0.720. The maximum absolute atomic E-state index is 12.2. The number of hydrogen-bond acceptors (Lipinski definition) is 4. The predicted molar refractivity (Wildman–Crippen MR) is 76.7 cm³/mol. The second-order valence-electron chi connectivity index (χ2n) is 4.51. The van der Waals surface area contributed by atoms with Gasteiger partial charge >= 0.3 is 0 Å². The van der Waals surface area contributed by atoms with Crippen LogP contribution in [-0.2, 0) is 16.6 Å². The summed E-state index contributed by atoms with van der Waals surface area (Å²) < 4.78 is 27.9. The summed E-state index contributed by atoms with van der Waals surface area (Å²) in [7, 11) is -3.25. The van der Waals surface area contributed by atoms with Crippen molar-refractivity contribution in [3.05, 3.63) is 29.8 Å². The van der Waals surface area contributed by atoms with E-state index in [-0.39, 0.29) is 11.8 Å². The lowest BCUT2D eigenvalue weighted by Crippen LogP contribution is -2.38. The van der Waals surface area contributed by atoms with Crippen LogP contribution < -0.4 is 3.71 Å². The quantitative estimate of drug-likeness (QED) is 0.801. The zero-order valence-corrected chi connectivity index (χ0v) is 12.5. The first-order chi connectivity index (χ1) is 8.45. The van der Waals surface area contributed by atoms with Crippen molar-refractivity contribution in [1.29, 1.82) is 0 Å². The van der Waals surface area contributed by atoms with Gasteiger partial charge in [-0.05, 0) is 32.4 Å². The summed E-state index contributed by atoms with van der Waals surface area (Å²) in [6, 6.07) is 7.97. The third-order valence-corrected chi connectivity index (χ3v) is 6.31. The molecule has 0 aliphatic carbocycles. The van der Waals surface area contributed by atoms with Crippen molar-refractivity contribution >= 4 is 27.8 Å². The van der Waals surface area contributed by atoms with E-state index in [1.807, 2.05) is 24.3 Å². The summed E-state index contributed by atoms with van der Waals surface area (Å²) in [6.07, 6.45) is 0. The third kappa shape index (κ3) is 2.50. The van der Waals surface area contributed by atoms with Gasteiger partial charge in [0.2, 0.25) is 10.0 Å². The van der Waals surface area contributed by atoms with Crippen molar-refractivity contribution in [2.45, 2.75) is 33.4 Å². The van der Waals surface area contributed by atoms with Gasteiger partial charge in [0.15, 0.2) is 0 Å². The van der Waals surface area contributed by atoms with E-state index < -0.39 is 10.0 Å². The van der Waals surface area contributed by atoms with Crippen LogP contribution in [0, 0.1) is 0 Å². The van der Waals surface area contributed by atoms with Gasteiger partial charge in [0, 0.05) is 12.6 Å². The van der Waals surface area contributed by atoms with Crippen LogP contribution in [0.3, 0.4) is 0 Å². The van der Waals surface area contributed by atoms with Crippen LogP contribution in [0.5, 0.6) is 0 Å². The molecule has 1 aromatic carbocycles.